The molecule has 4 heteroatoms. The fourth-order valence-corrected chi connectivity index (χ4v) is 1.34. The maximum Gasteiger partial charge on any atom is 0.419 e. The van der Waals surface area contributed by atoms with Crippen molar-refractivity contribution < 1.29 is 4.42 Å². The second-order valence-corrected chi connectivity index (χ2v) is 3.03. The van der Waals surface area contributed by atoms with Crippen LogP contribution in [-0.2, 0) is 6.42 Å². The van der Waals surface area contributed by atoms with Crippen molar-refractivity contribution in [2.45, 2.75) is 13.3 Å². The van der Waals surface area contributed by atoms with Gasteiger partial charge in [0, 0.05) is 0 Å². The van der Waals surface area contributed by atoms with E-state index in [-0.39, 0.29) is 0 Å². The van der Waals surface area contributed by atoms with E-state index < -0.39 is 11.3 Å². The lowest BCUT2D eigenvalue weighted by Crippen LogP contribution is -2.17. The van der Waals surface area contributed by atoms with Crippen LogP contribution in [0, 0.1) is 0 Å². The molecule has 0 radical (unpaired) electrons. The topological polar surface area (TPSA) is 63.1 Å². The van der Waals surface area contributed by atoms with E-state index in [1.54, 1.807) is 12.1 Å². The highest BCUT2D eigenvalue weighted by atomic mass is 16.4. The predicted octanol–water partition coefficient (Wildman–Crippen LogP) is 1.04. The van der Waals surface area contributed by atoms with Crippen molar-refractivity contribution in [2.75, 3.05) is 0 Å². The zero-order valence-corrected chi connectivity index (χ0v) is 7.66. The van der Waals surface area contributed by atoms with Gasteiger partial charge >= 0.3 is 5.76 Å². The molecule has 0 spiro atoms. The van der Waals surface area contributed by atoms with Gasteiger partial charge in [-0.05, 0) is 24.1 Å². The summed E-state index contributed by atoms with van der Waals surface area (Å²) in [6.07, 6.45) is 0.840. The van der Waals surface area contributed by atoms with Crippen LogP contribution in [0.5, 0.6) is 0 Å². The molecule has 0 bridgehead atoms. The van der Waals surface area contributed by atoms with Crippen molar-refractivity contribution in [3.8, 4) is 0 Å². The number of hydrogen-bond donors (Lipinski definition) is 1. The van der Waals surface area contributed by atoms with Gasteiger partial charge in [-0.3, -0.25) is 9.78 Å². The van der Waals surface area contributed by atoms with E-state index in [0.29, 0.717) is 11.0 Å². The number of fused-ring (bicyclic) bond motifs is 1. The van der Waals surface area contributed by atoms with Crippen LogP contribution >= 0.6 is 0 Å². The molecule has 0 fully saturated rings. The summed E-state index contributed by atoms with van der Waals surface area (Å²) in [5, 5.41) is 0.404. The van der Waals surface area contributed by atoms with Crippen molar-refractivity contribution in [3.05, 3.63) is 44.7 Å². The summed E-state index contributed by atoms with van der Waals surface area (Å²) in [6, 6.07) is 5.22. The number of hydrogen-bond acceptors (Lipinski definition) is 3. The third kappa shape index (κ3) is 1.35. The molecule has 0 saturated heterocycles. The zero-order valence-electron chi connectivity index (χ0n) is 7.66. The average molecular weight is 191 g/mol. The van der Waals surface area contributed by atoms with Crippen molar-refractivity contribution in [2.24, 2.45) is 0 Å². The van der Waals surface area contributed by atoms with E-state index in [4.69, 9.17) is 4.42 Å². The van der Waals surface area contributed by atoms with Crippen molar-refractivity contribution in [3.63, 3.8) is 0 Å². The third-order valence-electron chi connectivity index (χ3n) is 2.12. The lowest BCUT2D eigenvalue weighted by molar-refractivity contribution is 0.528. The highest BCUT2D eigenvalue weighted by Crippen LogP contribution is 2.10. The summed E-state index contributed by atoms with van der Waals surface area (Å²) in [4.78, 5) is 24.2. The molecule has 0 atom stereocenters. The molecule has 72 valence electrons. The smallest absolute Gasteiger partial charge is 0.409 e. The molecule has 1 heterocycles. The number of aromatic amines is 1. The van der Waals surface area contributed by atoms with Crippen LogP contribution < -0.4 is 11.3 Å². The van der Waals surface area contributed by atoms with Crippen molar-refractivity contribution in [1.82, 2.24) is 4.98 Å². The summed E-state index contributed by atoms with van der Waals surface area (Å²) >= 11 is 0. The molecule has 0 aliphatic carbocycles. The Morgan fingerprint density at radius 3 is 2.86 bits per heavy atom. The van der Waals surface area contributed by atoms with E-state index in [2.05, 4.69) is 4.98 Å². The normalized spacial score (nSPS) is 10.6. The molecule has 0 amide bonds. The van der Waals surface area contributed by atoms with Crippen LogP contribution in [0.1, 0.15) is 12.5 Å². The minimum absolute atomic E-state index is 0.345. The van der Waals surface area contributed by atoms with Gasteiger partial charge in [-0.15, -0.1) is 0 Å². The van der Waals surface area contributed by atoms with Crippen LogP contribution in [0.4, 0.5) is 0 Å². The van der Waals surface area contributed by atoms with Gasteiger partial charge in [0.15, 0.2) is 0 Å². The highest BCUT2D eigenvalue weighted by molar-refractivity contribution is 5.75. The Bertz CT molecular complexity index is 580. The monoisotopic (exact) mass is 191 g/mol. The van der Waals surface area contributed by atoms with E-state index in [9.17, 15) is 9.59 Å². The van der Waals surface area contributed by atoms with Gasteiger partial charge in [0.25, 0.3) is 5.56 Å². The first-order valence-corrected chi connectivity index (χ1v) is 4.37. The summed E-state index contributed by atoms with van der Waals surface area (Å²) < 4.78 is 4.87. The van der Waals surface area contributed by atoms with Crippen molar-refractivity contribution in [1.29, 1.82) is 0 Å². The molecule has 14 heavy (non-hydrogen) atoms. The number of benzene rings is 1. The summed E-state index contributed by atoms with van der Waals surface area (Å²) in [6.45, 7) is 1.99. The SMILES string of the molecule is CCc1ccc2c(=O)[nH]c(=O)oc2c1. The first kappa shape index (κ1) is 8.74. The Kier molecular flexibility index (Phi) is 1.96. The highest BCUT2D eigenvalue weighted by Gasteiger charge is 2.02. The molecular weight excluding hydrogens is 182 g/mol. The average Bonchev–Trinajstić information content (AvgIpc) is 2.16. The third-order valence-corrected chi connectivity index (χ3v) is 2.12. The second-order valence-electron chi connectivity index (χ2n) is 3.03. The standard InChI is InChI=1S/C10H9NO3/c1-2-6-3-4-7-8(5-6)14-10(13)11-9(7)12/h3-5H,2H2,1H3,(H,11,12,13). The van der Waals surface area contributed by atoms with E-state index in [0.717, 1.165) is 12.0 Å². The number of nitrogens with one attached hydrogen (secondary N) is 1. The van der Waals surface area contributed by atoms with Gasteiger partial charge in [0.1, 0.15) is 5.58 Å². The van der Waals surface area contributed by atoms with E-state index in [1.807, 2.05) is 13.0 Å². The maximum atomic E-state index is 11.3. The molecule has 1 N–H and O–H groups in total. The minimum Gasteiger partial charge on any atom is -0.409 e. The number of H-pyrrole nitrogens is 1. The quantitative estimate of drug-likeness (QED) is 0.732. The molecule has 0 unspecified atom stereocenters. The molecule has 2 aromatic rings. The first-order valence-electron chi connectivity index (χ1n) is 4.37. The van der Waals surface area contributed by atoms with Crippen molar-refractivity contribution >= 4 is 11.0 Å². The molecule has 4 nitrogen and oxygen atoms in total. The van der Waals surface area contributed by atoms with Gasteiger partial charge < -0.3 is 4.42 Å². The van der Waals surface area contributed by atoms with Gasteiger partial charge in [-0.1, -0.05) is 13.0 Å². The molecular formula is C10H9NO3. The summed E-state index contributed by atoms with van der Waals surface area (Å²) in [7, 11) is 0. The Morgan fingerprint density at radius 2 is 2.14 bits per heavy atom. The zero-order chi connectivity index (χ0) is 10.1. The fraction of sp³-hybridized carbons (Fsp3) is 0.200. The van der Waals surface area contributed by atoms with Gasteiger partial charge in [-0.25, -0.2) is 4.79 Å². The van der Waals surface area contributed by atoms with E-state index in [1.165, 1.54) is 0 Å². The largest absolute Gasteiger partial charge is 0.419 e. The number of rotatable bonds is 1. The fourth-order valence-electron chi connectivity index (χ4n) is 1.34. The van der Waals surface area contributed by atoms with E-state index >= 15 is 0 Å². The number of aryl methyl sites for hydroxylation is 1. The van der Waals surface area contributed by atoms with Crippen LogP contribution in [-0.4, -0.2) is 4.98 Å². The van der Waals surface area contributed by atoms with Crippen LogP contribution in [0.3, 0.4) is 0 Å². The molecule has 2 rings (SSSR count). The lowest BCUT2D eigenvalue weighted by Gasteiger charge is -1.97. The number of aromatic nitrogens is 1. The predicted molar refractivity (Wildman–Crippen MR) is 52.5 cm³/mol. The molecule has 0 aliphatic rings. The molecule has 0 aliphatic heterocycles. The van der Waals surface area contributed by atoms with Crippen LogP contribution in [0.15, 0.2) is 32.2 Å². The summed E-state index contributed by atoms with van der Waals surface area (Å²) in [5.41, 5.74) is 0.975. The molecule has 1 aromatic heterocycles. The minimum atomic E-state index is -0.712. The lowest BCUT2D eigenvalue weighted by atomic mass is 10.1. The van der Waals surface area contributed by atoms with Gasteiger partial charge in [0.05, 0.1) is 5.39 Å². The second kappa shape index (κ2) is 3.14. The Labute approximate surface area is 79.2 Å². The first-order chi connectivity index (χ1) is 6.70. The Hall–Kier alpha value is -1.84. The maximum absolute atomic E-state index is 11.3. The van der Waals surface area contributed by atoms with Crippen LogP contribution in [0.2, 0.25) is 0 Å². The molecule has 0 saturated carbocycles. The summed E-state index contributed by atoms with van der Waals surface area (Å²) in [5.74, 6) is -0.712. The van der Waals surface area contributed by atoms with Crippen LogP contribution in [0.25, 0.3) is 11.0 Å². The Balaban J connectivity index is 2.89. The van der Waals surface area contributed by atoms with Gasteiger partial charge in [0.2, 0.25) is 0 Å². The Morgan fingerprint density at radius 1 is 1.36 bits per heavy atom. The molecule has 1 aromatic carbocycles. The van der Waals surface area contributed by atoms with Gasteiger partial charge in [-0.2, -0.15) is 0 Å².